The molecule has 3 N–H and O–H groups in total. The molecule has 1 aliphatic heterocycles. The summed E-state index contributed by atoms with van der Waals surface area (Å²) in [6.07, 6.45) is -1.26. The SMILES string of the molecule is CCC(C)C(N)C(=O)NC1CCN(c2ccc(C(F)(F)F)cn2)CC1. The Bertz CT molecular complexity index is 568. The molecule has 5 nitrogen and oxygen atoms in total. The quantitative estimate of drug-likeness (QED) is 0.849. The van der Waals surface area contributed by atoms with E-state index < -0.39 is 17.8 Å². The Morgan fingerprint density at radius 1 is 1.40 bits per heavy atom. The maximum Gasteiger partial charge on any atom is 0.417 e. The van der Waals surface area contributed by atoms with Crippen molar-refractivity contribution in [3.8, 4) is 0 Å². The summed E-state index contributed by atoms with van der Waals surface area (Å²) in [6, 6.07) is 1.95. The zero-order chi connectivity index (χ0) is 18.6. The van der Waals surface area contributed by atoms with Gasteiger partial charge in [0.15, 0.2) is 0 Å². The summed E-state index contributed by atoms with van der Waals surface area (Å²) in [5, 5.41) is 2.98. The van der Waals surface area contributed by atoms with E-state index in [-0.39, 0.29) is 17.9 Å². The Morgan fingerprint density at radius 2 is 2.04 bits per heavy atom. The fourth-order valence-electron chi connectivity index (χ4n) is 2.80. The highest BCUT2D eigenvalue weighted by Crippen LogP contribution is 2.29. The molecule has 8 heteroatoms. The number of aromatic nitrogens is 1. The lowest BCUT2D eigenvalue weighted by atomic mass is 9.98. The van der Waals surface area contributed by atoms with Crippen molar-refractivity contribution in [3.63, 3.8) is 0 Å². The van der Waals surface area contributed by atoms with Crippen molar-refractivity contribution in [1.29, 1.82) is 0 Å². The van der Waals surface area contributed by atoms with Gasteiger partial charge < -0.3 is 16.0 Å². The highest BCUT2D eigenvalue weighted by Gasteiger charge is 2.31. The van der Waals surface area contributed by atoms with Crippen molar-refractivity contribution in [2.75, 3.05) is 18.0 Å². The van der Waals surface area contributed by atoms with Gasteiger partial charge in [-0.15, -0.1) is 0 Å². The van der Waals surface area contributed by atoms with Crippen LogP contribution in [-0.4, -0.2) is 36.1 Å². The van der Waals surface area contributed by atoms with Gasteiger partial charge in [-0.05, 0) is 30.9 Å². The maximum atomic E-state index is 12.6. The van der Waals surface area contributed by atoms with Gasteiger partial charge in [-0.1, -0.05) is 20.3 Å². The summed E-state index contributed by atoms with van der Waals surface area (Å²) in [6.45, 7) is 5.19. The number of hydrogen-bond donors (Lipinski definition) is 2. The van der Waals surface area contributed by atoms with Crippen LogP contribution in [-0.2, 0) is 11.0 Å². The van der Waals surface area contributed by atoms with Gasteiger partial charge in [0, 0.05) is 25.3 Å². The first kappa shape index (κ1) is 19.5. The lowest BCUT2D eigenvalue weighted by Crippen LogP contribution is -2.51. The zero-order valence-corrected chi connectivity index (χ0v) is 14.5. The molecule has 0 aliphatic carbocycles. The predicted molar refractivity (Wildman–Crippen MR) is 90.0 cm³/mol. The van der Waals surface area contributed by atoms with E-state index in [1.807, 2.05) is 18.7 Å². The van der Waals surface area contributed by atoms with Gasteiger partial charge >= 0.3 is 6.18 Å². The molecular weight excluding hydrogens is 333 g/mol. The Labute approximate surface area is 145 Å². The van der Waals surface area contributed by atoms with Crippen LogP contribution in [0.2, 0.25) is 0 Å². The third-order valence-electron chi connectivity index (χ3n) is 4.80. The molecule has 1 aliphatic rings. The largest absolute Gasteiger partial charge is 0.417 e. The third kappa shape index (κ3) is 5.07. The molecule has 2 heterocycles. The number of rotatable bonds is 5. The molecule has 1 amide bonds. The minimum Gasteiger partial charge on any atom is -0.356 e. The number of carbonyl (C=O) groups is 1. The highest BCUT2D eigenvalue weighted by molar-refractivity contribution is 5.82. The van der Waals surface area contributed by atoms with Crippen molar-refractivity contribution < 1.29 is 18.0 Å². The summed E-state index contributed by atoms with van der Waals surface area (Å²) in [7, 11) is 0. The predicted octanol–water partition coefficient (Wildman–Crippen LogP) is 2.56. The summed E-state index contributed by atoms with van der Waals surface area (Å²) in [5.41, 5.74) is 5.18. The number of nitrogens with one attached hydrogen (secondary N) is 1. The second-order valence-corrected chi connectivity index (χ2v) is 6.58. The second kappa shape index (κ2) is 8.03. The molecule has 0 saturated carbocycles. The zero-order valence-electron chi connectivity index (χ0n) is 14.5. The van der Waals surface area contributed by atoms with E-state index in [0.29, 0.717) is 31.7 Å². The smallest absolute Gasteiger partial charge is 0.356 e. The Kier molecular flexibility index (Phi) is 6.26. The molecule has 1 aromatic heterocycles. The van der Waals surface area contributed by atoms with E-state index >= 15 is 0 Å². The number of alkyl halides is 3. The summed E-state index contributed by atoms with van der Waals surface area (Å²) in [5.74, 6) is 0.506. The van der Waals surface area contributed by atoms with Gasteiger partial charge in [0.2, 0.25) is 5.91 Å². The van der Waals surface area contributed by atoms with Gasteiger partial charge in [-0.2, -0.15) is 13.2 Å². The first-order valence-electron chi connectivity index (χ1n) is 8.56. The summed E-state index contributed by atoms with van der Waals surface area (Å²) < 4.78 is 37.7. The van der Waals surface area contributed by atoms with Crippen LogP contribution >= 0.6 is 0 Å². The first-order chi connectivity index (χ1) is 11.7. The normalized spacial score (nSPS) is 18.7. The van der Waals surface area contributed by atoms with Crippen LogP contribution in [0, 0.1) is 5.92 Å². The van der Waals surface area contributed by atoms with Crippen LogP contribution in [0.25, 0.3) is 0 Å². The first-order valence-corrected chi connectivity index (χ1v) is 8.56. The molecule has 0 aromatic carbocycles. The Balaban J connectivity index is 1.86. The monoisotopic (exact) mass is 358 g/mol. The number of pyridine rings is 1. The molecule has 1 saturated heterocycles. The van der Waals surface area contributed by atoms with Crippen molar-refractivity contribution in [2.24, 2.45) is 11.7 Å². The van der Waals surface area contributed by atoms with Crippen LogP contribution in [0.5, 0.6) is 0 Å². The number of halogens is 3. The van der Waals surface area contributed by atoms with Gasteiger partial charge in [0.1, 0.15) is 5.82 Å². The fourth-order valence-corrected chi connectivity index (χ4v) is 2.80. The summed E-state index contributed by atoms with van der Waals surface area (Å²) in [4.78, 5) is 18.0. The van der Waals surface area contributed by atoms with Crippen LogP contribution in [0.15, 0.2) is 18.3 Å². The lowest BCUT2D eigenvalue weighted by Gasteiger charge is -2.34. The molecule has 0 bridgehead atoms. The average Bonchev–Trinajstić information content (AvgIpc) is 2.60. The molecule has 2 unspecified atom stereocenters. The molecule has 25 heavy (non-hydrogen) atoms. The molecule has 1 aromatic rings. The van der Waals surface area contributed by atoms with E-state index in [9.17, 15) is 18.0 Å². The second-order valence-electron chi connectivity index (χ2n) is 6.58. The highest BCUT2D eigenvalue weighted by atomic mass is 19.4. The fraction of sp³-hybridized carbons (Fsp3) is 0.647. The number of amides is 1. The number of carbonyl (C=O) groups excluding carboxylic acids is 1. The minimum absolute atomic E-state index is 0.0355. The van der Waals surface area contributed by atoms with Gasteiger partial charge in [0.05, 0.1) is 11.6 Å². The van der Waals surface area contributed by atoms with E-state index in [0.717, 1.165) is 18.7 Å². The van der Waals surface area contributed by atoms with E-state index in [1.54, 1.807) is 0 Å². The molecule has 2 atom stereocenters. The minimum atomic E-state index is -4.38. The average molecular weight is 358 g/mol. The van der Waals surface area contributed by atoms with Crippen LogP contribution in [0.4, 0.5) is 19.0 Å². The van der Waals surface area contributed by atoms with Crippen LogP contribution in [0.3, 0.4) is 0 Å². The molecular formula is C17H25F3N4O. The number of anilines is 1. The van der Waals surface area contributed by atoms with E-state index in [1.165, 1.54) is 6.07 Å². The molecule has 1 fully saturated rings. The molecule has 140 valence electrons. The third-order valence-corrected chi connectivity index (χ3v) is 4.80. The van der Waals surface area contributed by atoms with Crippen molar-refractivity contribution in [1.82, 2.24) is 10.3 Å². The topological polar surface area (TPSA) is 71.2 Å². The van der Waals surface area contributed by atoms with Crippen LogP contribution < -0.4 is 16.0 Å². The molecule has 0 spiro atoms. The number of nitrogens with zero attached hydrogens (tertiary/aromatic N) is 2. The molecule has 0 radical (unpaired) electrons. The van der Waals surface area contributed by atoms with Gasteiger partial charge in [0.25, 0.3) is 0 Å². The van der Waals surface area contributed by atoms with Crippen molar-refractivity contribution >= 4 is 11.7 Å². The van der Waals surface area contributed by atoms with Crippen molar-refractivity contribution in [3.05, 3.63) is 23.9 Å². The maximum absolute atomic E-state index is 12.6. The molecule has 2 rings (SSSR count). The number of nitrogens with two attached hydrogens (primary N) is 1. The van der Waals surface area contributed by atoms with Crippen LogP contribution in [0.1, 0.15) is 38.7 Å². The van der Waals surface area contributed by atoms with E-state index in [2.05, 4.69) is 10.3 Å². The van der Waals surface area contributed by atoms with Gasteiger partial charge in [-0.25, -0.2) is 4.98 Å². The Morgan fingerprint density at radius 3 is 2.52 bits per heavy atom. The van der Waals surface area contributed by atoms with Crippen molar-refractivity contribution in [2.45, 2.75) is 51.4 Å². The number of hydrogen-bond acceptors (Lipinski definition) is 4. The standard InChI is InChI=1S/C17H25F3N4O/c1-3-11(2)15(21)16(25)23-13-6-8-24(9-7-13)14-5-4-12(10-22-14)17(18,19)20/h4-5,10-11,13,15H,3,6-9,21H2,1-2H3,(H,23,25). The summed E-state index contributed by atoms with van der Waals surface area (Å²) >= 11 is 0. The lowest BCUT2D eigenvalue weighted by molar-refractivity contribution is -0.137. The van der Waals surface area contributed by atoms with E-state index in [4.69, 9.17) is 5.73 Å². The number of piperidine rings is 1. The van der Waals surface area contributed by atoms with Gasteiger partial charge in [-0.3, -0.25) is 4.79 Å². The Hall–Kier alpha value is -1.83.